The average Bonchev–Trinajstić information content (AvgIpc) is 2.58. The second kappa shape index (κ2) is 3.02. The highest BCUT2D eigenvalue weighted by Crippen LogP contribution is 2.30. The Hall–Kier alpha value is -0.630. The topological polar surface area (TPSA) is 32.6 Å². The van der Waals surface area contributed by atoms with Gasteiger partial charge < -0.3 is 5.11 Å². The Balaban J connectivity index is 2.13. The molecule has 2 aliphatic rings. The van der Waals surface area contributed by atoms with Gasteiger partial charge in [0, 0.05) is 0 Å². The summed E-state index contributed by atoms with van der Waals surface area (Å²) in [4.78, 5) is 4.29. The fourth-order valence-corrected chi connectivity index (χ4v) is 2.06. The molecule has 1 heterocycles. The van der Waals surface area contributed by atoms with E-state index in [1.807, 2.05) is 12.2 Å². The summed E-state index contributed by atoms with van der Waals surface area (Å²) in [7, 11) is 0. The number of nitrogens with zero attached hydrogens (tertiary/aromatic N) is 1. The minimum Gasteiger partial charge on any atom is -0.384 e. The first-order valence-electron chi connectivity index (χ1n) is 4.75. The number of aliphatic imine (C=N–C) groups is 1. The first-order chi connectivity index (χ1) is 5.81. The fourth-order valence-electron chi connectivity index (χ4n) is 2.06. The van der Waals surface area contributed by atoms with Crippen molar-refractivity contribution >= 4 is 5.71 Å². The maximum absolute atomic E-state index is 10.2. The number of hydrogen-bond donors (Lipinski definition) is 1. The first-order valence-corrected chi connectivity index (χ1v) is 4.75. The molecule has 66 valence electrons. The molecule has 0 spiro atoms. The molecule has 0 saturated heterocycles. The van der Waals surface area contributed by atoms with Crippen molar-refractivity contribution in [1.29, 1.82) is 0 Å². The van der Waals surface area contributed by atoms with Crippen molar-refractivity contribution in [2.45, 2.75) is 37.7 Å². The van der Waals surface area contributed by atoms with Crippen LogP contribution in [0.15, 0.2) is 17.1 Å². The number of aliphatic hydroxyl groups is 1. The Morgan fingerprint density at radius 3 is 2.58 bits per heavy atom. The summed E-state index contributed by atoms with van der Waals surface area (Å²) < 4.78 is 0. The fraction of sp³-hybridized carbons (Fsp3) is 0.700. The van der Waals surface area contributed by atoms with Crippen molar-refractivity contribution in [3.05, 3.63) is 12.2 Å². The van der Waals surface area contributed by atoms with Gasteiger partial charge in [0.05, 0.1) is 12.3 Å². The molecule has 1 aliphatic carbocycles. The molecule has 2 heteroatoms. The Morgan fingerprint density at radius 1 is 1.25 bits per heavy atom. The van der Waals surface area contributed by atoms with Crippen LogP contribution in [0.4, 0.5) is 0 Å². The van der Waals surface area contributed by atoms with E-state index in [1.54, 1.807) is 0 Å². The molecule has 0 bridgehead atoms. The van der Waals surface area contributed by atoms with Gasteiger partial charge in [-0.1, -0.05) is 25.3 Å². The molecule has 0 radical (unpaired) electrons. The highest BCUT2D eigenvalue weighted by atomic mass is 16.3. The molecular formula is C10H15NO. The van der Waals surface area contributed by atoms with Gasteiger partial charge in [-0.25, -0.2) is 0 Å². The van der Waals surface area contributed by atoms with Crippen LogP contribution < -0.4 is 0 Å². The van der Waals surface area contributed by atoms with Gasteiger partial charge >= 0.3 is 0 Å². The van der Waals surface area contributed by atoms with Gasteiger partial charge in [-0.3, -0.25) is 4.99 Å². The predicted molar refractivity (Wildman–Crippen MR) is 49.5 cm³/mol. The molecule has 0 aromatic heterocycles. The minimum absolute atomic E-state index is 0.578. The SMILES string of the molecule is OC1(C2=NCC=C2)CCCCC1. The third kappa shape index (κ3) is 1.31. The Kier molecular flexibility index (Phi) is 2.01. The van der Waals surface area contributed by atoms with E-state index in [1.165, 1.54) is 6.42 Å². The molecule has 0 aromatic carbocycles. The minimum atomic E-state index is -0.578. The monoisotopic (exact) mass is 165 g/mol. The maximum atomic E-state index is 10.2. The van der Waals surface area contributed by atoms with Crippen LogP contribution >= 0.6 is 0 Å². The van der Waals surface area contributed by atoms with Gasteiger partial charge in [-0.2, -0.15) is 0 Å². The number of hydrogen-bond acceptors (Lipinski definition) is 2. The molecule has 12 heavy (non-hydrogen) atoms. The molecule has 1 fully saturated rings. The van der Waals surface area contributed by atoms with Crippen LogP contribution in [0.25, 0.3) is 0 Å². The van der Waals surface area contributed by atoms with Gasteiger partial charge in [-0.05, 0) is 18.9 Å². The van der Waals surface area contributed by atoms with Gasteiger partial charge in [-0.15, -0.1) is 0 Å². The molecule has 0 amide bonds. The van der Waals surface area contributed by atoms with Gasteiger partial charge in [0.25, 0.3) is 0 Å². The summed E-state index contributed by atoms with van der Waals surface area (Å²) in [6.07, 6.45) is 9.34. The zero-order valence-corrected chi connectivity index (χ0v) is 7.29. The highest BCUT2D eigenvalue weighted by Gasteiger charge is 2.33. The van der Waals surface area contributed by atoms with Crippen molar-refractivity contribution in [3.8, 4) is 0 Å². The lowest BCUT2D eigenvalue weighted by molar-refractivity contribution is 0.0719. The van der Waals surface area contributed by atoms with Crippen LogP contribution in [0.2, 0.25) is 0 Å². The molecule has 2 nitrogen and oxygen atoms in total. The Morgan fingerprint density at radius 2 is 2.00 bits per heavy atom. The first kappa shape index (κ1) is 7.99. The third-order valence-corrected chi connectivity index (χ3v) is 2.80. The maximum Gasteiger partial charge on any atom is 0.106 e. The lowest BCUT2D eigenvalue weighted by atomic mass is 9.81. The van der Waals surface area contributed by atoms with Crippen molar-refractivity contribution < 1.29 is 5.11 Å². The summed E-state index contributed by atoms with van der Waals surface area (Å²) >= 11 is 0. The summed E-state index contributed by atoms with van der Waals surface area (Å²) in [6, 6.07) is 0. The van der Waals surface area contributed by atoms with Crippen LogP contribution in [0.3, 0.4) is 0 Å². The van der Waals surface area contributed by atoms with Crippen LogP contribution in [0.1, 0.15) is 32.1 Å². The third-order valence-electron chi connectivity index (χ3n) is 2.80. The molecule has 0 atom stereocenters. The Bertz CT molecular complexity index is 224. The molecule has 1 aliphatic heterocycles. The van der Waals surface area contributed by atoms with E-state index >= 15 is 0 Å². The van der Waals surface area contributed by atoms with Gasteiger partial charge in [0.1, 0.15) is 5.60 Å². The van der Waals surface area contributed by atoms with Crippen molar-refractivity contribution in [1.82, 2.24) is 0 Å². The van der Waals surface area contributed by atoms with E-state index in [4.69, 9.17) is 0 Å². The van der Waals surface area contributed by atoms with Crippen LogP contribution in [0.5, 0.6) is 0 Å². The van der Waals surface area contributed by atoms with Crippen molar-refractivity contribution in [2.75, 3.05) is 6.54 Å². The van der Waals surface area contributed by atoms with Crippen LogP contribution in [-0.2, 0) is 0 Å². The molecule has 1 saturated carbocycles. The smallest absolute Gasteiger partial charge is 0.106 e. The molecular weight excluding hydrogens is 150 g/mol. The molecule has 1 N–H and O–H groups in total. The van der Waals surface area contributed by atoms with E-state index in [0.717, 1.165) is 37.9 Å². The largest absolute Gasteiger partial charge is 0.384 e. The number of rotatable bonds is 1. The van der Waals surface area contributed by atoms with Crippen LogP contribution in [-0.4, -0.2) is 23.0 Å². The molecule has 0 unspecified atom stereocenters. The van der Waals surface area contributed by atoms with E-state index in [2.05, 4.69) is 4.99 Å². The normalized spacial score (nSPS) is 27.2. The second-order valence-electron chi connectivity index (χ2n) is 3.72. The standard InChI is InChI=1S/C10H15NO/c12-10(6-2-1-3-7-10)9-5-4-8-11-9/h4-5,12H,1-3,6-8H2. The highest BCUT2D eigenvalue weighted by molar-refractivity contribution is 6.03. The van der Waals surface area contributed by atoms with E-state index < -0.39 is 5.60 Å². The molecule has 0 aromatic rings. The predicted octanol–water partition coefficient (Wildman–Crippen LogP) is 1.69. The van der Waals surface area contributed by atoms with E-state index in [9.17, 15) is 5.11 Å². The summed E-state index contributed by atoms with van der Waals surface area (Å²) in [5.41, 5.74) is 0.341. The summed E-state index contributed by atoms with van der Waals surface area (Å²) in [6.45, 7) is 0.762. The average molecular weight is 165 g/mol. The quantitative estimate of drug-likeness (QED) is 0.630. The van der Waals surface area contributed by atoms with E-state index in [-0.39, 0.29) is 0 Å². The second-order valence-corrected chi connectivity index (χ2v) is 3.72. The van der Waals surface area contributed by atoms with Gasteiger partial charge in [0.2, 0.25) is 0 Å². The zero-order chi connectivity index (χ0) is 8.44. The lowest BCUT2D eigenvalue weighted by Crippen LogP contribution is -2.38. The zero-order valence-electron chi connectivity index (χ0n) is 7.29. The summed E-state index contributed by atoms with van der Waals surface area (Å²) in [5.74, 6) is 0. The van der Waals surface area contributed by atoms with E-state index in [0.29, 0.717) is 0 Å². The van der Waals surface area contributed by atoms with Crippen LogP contribution in [0, 0.1) is 0 Å². The van der Waals surface area contributed by atoms with Crippen molar-refractivity contribution in [3.63, 3.8) is 0 Å². The summed E-state index contributed by atoms with van der Waals surface area (Å²) in [5, 5.41) is 10.2. The molecule has 2 rings (SSSR count). The lowest BCUT2D eigenvalue weighted by Gasteiger charge is -2.31. The Labute approximate surface area is 73.0 Å². The van der Waals surface area contributed by atoms with Gasteiger partial charge in [0.15, 0.2) is 0 Å². The van der Waals surface area contributed by atoms with Crippen molar-refractivity contribution in [2.24, 2.45) is 4.99 Å².